The number of aliphatic hydroxyl groups excluding tert-OH is 1. The first-order chi connectivity index (χ1) is 4.18. The molecule has 0 saturated heterocycles. The minimum absolute atomic E-state index is 0.000972. The molecule has 0 aliphatic heterocycles. The first kappa shape index (κ1) is 8.39. The fourth-order valence-corrected chi connectivity index (χ4v) is 0.435. The van der Waals surface area contributed by atoms with Gasteiger partial charge in [0.1, 0.15) is 6.04 Å². The van der Waals surface area contributed by atoms with Crippen molar-refractivity contribution in [2.75, 3.05) is 6.61 Å². The Morgan fingerprint density at radius 1 is 1.67 bits per heavy atom. The molecule has 0 aromatic heterocycles. The van der Waals surface area contributed by atoms with Crippen LogP contribution in [0.2, 0.25) is 0 Å². The number of hydrogen-bond donors (Lipinski definition) is 3. The van der Waals surface area contributed by atoms with E-state index < -0.39 is 12.0 Å². The lowest BCUT2D eigenvalue weighted by molar-refractivity contribution is -0.138. The molecule has 0 aromatic carbocycles. The second-order valence-corrected chi connectivity index (χ2v) is 1.81. The fraction of sp³-hybridized carbons (Fsp3) is 0.800. The van der Waals surface area contributed by atoms with E-state index in [1.54, 1.807) is 0 Å². The van der Waals surface area contributed by atoms with Gasteiger partial charge < -0.3 is 15.9 Å². The van der Waals surface area contributed by atoms with E-state index in [4.69, 9.17) is 15.9 Å². The van der Waals surface area contributed by atoms with Gasteiger partial charge in [-0.25, -0.2) is 0 Å². The largest absolute Gasteiger partial charge is 0.480 e. The molecular weight excluding hydrogens is 122 g/mol. The molecule has 9 heavy (non-hydrogen) atoms. The second-order valence-electron chi connectivity index (χ2n) is 1.81. The highest BCUT2D eigenvalue weighted by Gasteiger charge is 2.08. The molecule has 0 radical (unpaired) electrons. The van der Waals surface area contributed by atoms with Gasteiger partial charge in [0.15, 0.2) is 0 Å². The van der Waals surface area contributed by atoms with Crippen molar-refractivity contribution in [3.05, 3.63) is 0 Å². The molecule has 0 fully saturated rings. The Bertz CT molecular complexity index is 94.2. The fourth-order valence-electron chi connectivity index (χ4n) is 0.435. The predicted molar refractivity (Wildman–Crippen MR) is 31.9 cm³/mol. The van der Waals surface area contributed by atoms with Gasteiger partial charge in [0, 0.05) is 6.61 Å². The van der Waals surface area contributed by atoms with Gasteiger partial charge in [-0.15, -0.1) is 0 Å². The van der Waals surface area contributed by atoms with Crippen LogP contribution in [0.15, 0.2) is 0 Å². The number of nitrogens with two attached hydrogens (primary N) is 1. The Morgan fingerprint density at radius 2 is 2.22 bits per heavy atom. The van der Waals surface area contributed by atoms with Crippen LogP contribution in [-0.4, -0.2) is 28.8 Å². The molecule has 0 unspecified atom stereocenters. The van der Waals surface area contributed by atoms with Gasteiger partial charge in [-0.2, -0.15) is 0 Å². The Morgan fingerprint density at radius 3 is 2.56 bits per heavy atom. The number of aliphatic hydroxyl groups is 1. The lowest BCUT2D eigenvalue weighted by atomic mass is 10.2. The summed E-state index contributed by atoms with van der Waals surface area (Å²) in [7, 11) is 0. The van der Waals surface area contributed by atoms with Gasteiger partial charge in [0.2, 0.25) is 0 Å². The van der Waals surface area contributed by atoms with Crippen LogP contribution in [0, 0.1) is 0 Å². The summed E-state index contributed by atoms with van der Waals surface area (Å²) in [5, 5.41) is 16.5. The molecule has 54 valence electrons. The van der Waals surface area contributed by atoms with Crippen molar-refractivity contribution in [1.82, 2.24) is 0 Å². The monoisotopic (exact) mass is 133 g/mol. The van der Waals surface area contributed by atoms with Crippen LogP contribution in [0.25, 0.3) is 0 Å². The number of carboxylic acids is 1. The highest BCUT2D eigenvalue weighted by Crippen LogP contribution is 1.91. The molecule has 4 nitrogen and oxygen atoms in total. The predicted octanol–water partition coefficient (Wildman–Crippen LogP) is -0.829. The molecule has 0 amide bonds. The summed E-state index contributed by atoms with van der Waals surface area (Å²) in [5.41, 5.74) is 5.09. The zero-order valence-electron chi connectivity index (χ0n) is 5.08. The first-order valence-electron chi connectivity index (χ1n) is 2.77. The Labute approximate surface area is 53.3 Å². The molecule has 0 rings (SSSR count). The standard InChI is InChI=1S/C5H11NO3/c6-4(5(8)9)2-1-3-7/h4,7H,1-3,6H2,(H,8,9)/t4-/m1/s1. The number of hydrogen-bond acceptors (Lipinski definition) is 3. The van der Waals surface area contributed by atoms with Crippen LogP contribution in [0.1, 0.15) is 12.8 Å². The van der Waals surface area contributed by atoms with Crippen LogP contribution in [0.4, 0.5) is 0 Å². The zero-order chi connectivity index (χ0) is 7.28. The van der Waals surface area contributed by atoms with Crippen molar-refractivity contribution in [3.63, 3.8) is 0 Å². The van der Waals surface area contributed by atoms with E-state index in [1.165, 1.54) is 0 Å². The highest BCUT2D eigenvalue weighted by molar-refractivity contribution is 5.72. The third-order valence-corrected chi connectivity index (χ3v) is 0.990. The Kier molecular flexibility index (Phi) is 4.00. The summed E-state index contributed by atoms with van der Waals surface area (Å²) >= 11 is 0. The minimum atomic E-state index is -1.01. The molecule has 0 heterocycles. The second kappa shape index (κ2) is 4.29. The summed E-state index contributed by atoms with van der Waals surface area (Å²) in [6.07, 6.45) is 0.791. The molecule has 1 atom stereocenters. The first-order valence-corrected chi connectivity index (χ1v) is 2.77. The van der Waals surface area contributed by atoms with Crippen molar-refractivity contribution in [1.29, 1.82) is 0 Å². The SMILES string of the molecule is N[C@H](CCCO)C(=O)O. The van der Waals surface area contributed by atoms with Crippen LogP contribution in [0.5, 0.6) is 0 Å². The minimum Gasteiger partial charge on any atom is -0.480 e. The molecule has 4 N–H and O–H groups in total. The Hall–Kier alpha value is -0.610. The van der Waals surface area contributed by atoms with Crippen molar-refractivity contribution >= 4 is 5.97 Å². The van der Waals surface area contributed by atoms with Crippen molar-refractivity contribution in [2.24, 2.45) is 5.73 Å². The molecule has 0 aliphatic carbocycles. The van der Waals surface area contributed by atoms with Crippen molar-refractivity contribution in [3.8, 4) is 0 Å². The van der Waals surface area contributed by atoms with Crippen LogP contribution < -0.4 is 5.73 Å². The van der Waals surface area contributed by atoms with E-state index >= 15 is 0 Å². The third kappa shape index (κ3) is 3.93. The summed E-state index contributed by atoms with van der Waals surface area (Å²) in [6.45, 7) is 0.000972. The zero-order valence-corrected chi connectivity index (χ0v) is 5.08. The van der Waals surface area contributed by atoms with Crippen LogP contribution >= 0.6 is 0 Å². The molecule has 0 bridgehead atoms. The average Bonchev–Trinajstić information content (AvgIpc) is 1.82. The maximum Gasteiger partial charge on any atom is 0.320 e. The van der Waals surface area contributed by atoms with Gasteiger partial charge in [-0.1, -0.05) is 0 Å². The molecule has 4 heteroatoms. The van der Waals surface area contributed by atoms with E-state index in [-0.39, 0.29) is 6.61 Å². The summed E-state index contributed by atoms with van der Waals surface area (Å²) in [4.78, 5) is 10.00. The smallest absolute Gasteiger partial charge is 0.320 e. The normalized spacial score (nSPS) is 13.1. The van der Waals surface area contributed by atoms with E-state index in [2.05, 4.69) is 0 Å². The van der Waals surface area contributed by atoms with E-state index in [0.29, 0.717) is 12.8 Å². The van der Waals surface area contributed by atoms with E-state index in [0.717, 1.165) is 0 Å². The van der Waals surface area contributed by atoms with E-state index in [1.807, 2.05) is 0 Å². The lowest BCUT2D eigenvalue weighted by Crippen LogP contribution is -2.29. The molecule has 0 aromatic rings. The number of rotatable bonds is 4. The maximum absolute atomic E-state index is 10.00. The van der Waals surface area contributed by atoms with Gasteiger partial charge >= 0.3 is 5.97 Å². The van der Waals surface area contributed by atoms with Crippen molar-refractivity contribution in [2.45, 2.75) is 18.9 Å². The summed E-state index contributed by atoms with van der Waals surface area (Å²) in [5.74, 6) is -1.01. The van der Waals surface area contributed by atoms with Gasteiger partial charge in [0.05, 0.1) is 0 Å². The Balaban J connectivity index is 3.27. The van der Waals surface area contributed by atoms with Gasteiger partial charge in [0.25, 0.3) is 0 Å². The van der Waals surface area contributed by atoms with Gasteiger partial charge in [-0.3, -0.25) is 4.79 Å². The van der Waals surface area contributed by atoms with Crippen LogP contribution in [0.3, 0.4) is 0 Å². The number of carboxylic acid groups (broad SMARTS) is 1. The average molecular weight is 133 g/mol. The molecule has 0 aliphatic rings. The topological polar surface area (TPSA) is 83.5 Å². The van der Waals surface area contributed by atoms with Gasteiger partial charge in [-0.05, 0) is 12.8 Å². The van der Waals surface area contributed by atoms with Crippen LogP contribution in [-0.2, 0) is 4.79 Å². The quantitative estimate of drug-likeness (QED) is 0.467. The lowest BCUT2D eigenvalue weighted by Gasteiger charge is -2.02. The maximum atomic E-state index is 10.00. The van der Waals surface area contributed by atoms with Crippen molar-refractivity contribution < 1.29 is 15.0 Å². The molecular formula is C5H11NO3. The van der Waals surface area contributed by atoms with E-state index in [9.17, 15) is 4.79 Å². The molecule has 0 spiro atoms. The molecule has 0 saturated carbocycles. The third-order valence-electron chi connectivity index (χ3n) is 0.990. The summed E-state index contributed by atoms with van der Waals surface area (Å²) < 4.78 is 0. The summed E-state index contributed by atoms with van der Waals surface area (Å²) in [6, 6.07) is -0.822. The highest BCUT2D eigenvalue weighted by atomic mass is 16.4. The number of carbonyl (C=O) groups is 1. The number of aliphatic carboxylic acids is 1.